The lowest BCUT2D eigenvalue weighted by Gasteiger charge is -2.29. The molecule has 1 amide bonds. The number of benzene rings is 1. The van der Waals surface area contributed by atoms with Gasteiger partial charge in [-0.3, -0.25) is 0 Å². The second kappa shape index (κ2) is 4.31. The number of ether oxygens (including phenoxy) is 1. The Labute approximate surface area is 98.0 Å². The zero-order valence-corrected chi connectivity index (χ0v) is 9.28. The van der Waals surface area contributed by atoms with Crippen LogP contribution < -0.4 is 5.73 Å². The number of halogens is 1. The lowest BCUT2D eigenvalue weighted by molar-refractivity contribution is -0.00520. The lowest BCUT2D eigenvalue weighted by Crippen LogP contribution is -2.32. The standard InChI is InChI=1S/C11H12ClNO3/c12-7-3-1-6-2-4-9(16-11(13)15)10(14)8(6)5-7/h1,3,5,9-10,14H,2,4H2,(H2,13,15)/t9-,10+/m1/s1. The zero-order chi connectivity index (χ0) is 11.7. The van der Waals surface area contributed by atoms with Crippen molar-refractivity contribution < 1.29 is 14.6 Å². The van der Waals surface area contributed by atoms with Crippen LogP contribution in [0.4, 0.5) is 4.79 Å². The van der Waals surface area contributed by atoms with E-state index < -0.39 is 18.3 Å². The Kier molecular flexibility index (Phi) is 3.03. The summed E-state index contributed by atoms with van der Waals surface area (Å²) in [6.45, 7) is 0. The van der Waals surface area contributed by atoms with Crippen LogP contribution in [0.15, 0.2) is 18.2 Å². The monoisotopic (exact) mass is 241 g/mol. The normalized spacial score (nSPS) is 23.6. The van der Waals surface area contributed by atoms with E-state index in [1.165, 1.54) is 0 Å². The quantitative estimate of drug-likeness (QED) is 0.787. The van der Waals surface area contributed by atoms with Gasteiger partial charge in [0.15, 0.2) is 0 Å². The summed E-state index contributed by atoms with van der Waals surface area (Å²) >= 11 is 5.85. The third kappa shape index (κ3) is 2.13. The van der Waals surface area contributed by atoms with E-state index in [9.17, 15) is 9.90 Å². The minimum Gasteiger partial charge on any atom is -0.443 e. The van der Waals surface area contributed by atoms with Crippen molar-refractivity contribution in [1.82, 2.24) is 0 Å². The molecule has 2 rings (SSSR count). The molecule has 0 unspecified atom stereocenters. The Bertz CT molecular complexity index is 422. The predicted octanol–water partition coefficient (Wildman–Crippen LogP) is 1.78. The summed E-state index contributed by atoms with van der Waals surface area (Å²) in [6, 6.07) is 5.35. The summed E-state index contributed by atoms with van der Waals surface area (Å²) in [5.74, 6) is 0. The Morgan fingerprint density at radius 2 is 2.31 bits per heavy atom. The number of carbonyl (C=O) groups excluding carboxylic acids is 1. The Morgan fingerprint density at radius 3 is 3.00 bits per heavy atom. The second-order valence-corrected chi connectivity index (χ2v) is 4.24. The summed E-state index contributed by atoms with van der Waals surface area (Å²) < 4.78 is 4.85. The number of hydrogen-bond acceptors (Lipinski definition) is 3. The van der Waals surface area contributed by atoms with Gasteiger partial charge in [-0.15, -0.1) is 0 Å². The SMILES string of the molecule is NC(=O)O[C@@H]1CCc2ccc(Cl)cc2[C@@H]1O. The second-order valence-electron chi connectivity index (χ2n) is 3.80. The number of fused-ring (bicyclic) bond motifs is 1. The van der Waals surface area contributed by atoms with E-state index in [2.05, 4.69) is 0 Å². The van der Waals surface area contributed by atoms with E-state index in [0.29, 0.717) is 17.0 Å². The first kappa shape index (κ1) is 11.2. The minimum absolute atomic E-state index is 0.553. The van der Waals surface area contributed by atoms with Gasteiger partial charge in [-0.1, -0.05) is 17.7 Å². The molecule has 1 aromatic rings. The van der Waals surface area contributed by atoms with Gasteiger partial charge in [-0.2, -0.15) is 0 Å². The Hall–Kier alpha value is -1.26. The van der Waals surface area contributed by atoms with Crippen molar-refractivity contribution in [2.24, 2.45) is 5.73 Å². The maximum absolute atomic E-state index is 10.7. The molecule has 16 heavy (non-hydrogen) atoms. The van der Waals surface area contributed by atoms with Gasteiger partial charge in [0.2, 0.25) is 0 Å². The molecule has 0 bridgehead atoms. The number of hydrogen-bond donors (Lipinski definition) is 2. The molecule has 0 saturated carbocycles. The predicted molar refractivity (Wildman–Crippen MR) is 59.2 cm³/mol. The van der Waals surface area contributed by atoms with Gasteiger partial charge >= 0.3 is 6.09 Å². The van der Waals surface area contributed by atoms with Crippen molar-refractivity contribution in [3.05, 3.63) is 34.3 Å². The van der Waals surface area contributed by atoms with E-state index in [1.54, 1.807) is 12.1 Å². The number of nitrogens with two attached hydrogens (primary N) is 1. The minimum atomic E-state index is -0.866. The molecule has 0 radical (unpaired) electrons. The van der Waals surface area contributed by atoms with Crippen LogP contribution in [0.3, 0.4) is 0 Å². The van der Waals surface area contributed by atoms with Gasteiger partial charge in [-0.05, 0) is 36.1 Å². The molecular formula is C11H12ClNO3. The van der Waals surface area contributed by atoms with Crippen LogP contribution in [0.5, 0.6) is 0 Å². The van der Waals surface area contributed by atoms with Crippen LogP contribution >= 0.6 is 11.6 Å². The van der Waals surface area contributed by atoms with E-state index >= 15 is 0 Å². The maximum Gasteiger partial charge on any atom is 0.404 e. The number of aliphatic hydroxyl groups excluding tert-OH is 1. The van der Waals surface area contributed by atoms with E-state index in [1.807, 2.05) is 6.07 Å². The molecule has 4 nitrogen and oxygen atoms in total. The van der Waals surface area contributed by atoms with Gasteiger partial charge in [0.1, 0.15) is 12.2 Å². The van der Waals surface area contributed by atoms with Crippen molar-refractivity contribution in [3.8, 4) is 0 Å². The van der Waals surface area contributed by atoms with Crippen molar-refractivity contribution in [1.29, 1.82) is 0 Å². The number of carbonyl (C=O) groups is 1. The van der Waals surface area contributed by atoms with Gasteiger partial charge in [0, 0.05) is 5.02 Å². The molecule has 0 spiro atoms. The van der Waals surface area contributed by atoms with E-state index in [4.69, 9.17) is 22.1 Å². The number of amides is 1. The molecule has 0 fully saturated rings. The van der Waals surface area contributed by atoms with Gasteiger partial charge in [-0.25, -0.2) is 4.79 Å². The summed E-state index contributed by atoms with van der Waals surface area (Å²) in [4.78, 5) is 10.7. The summed E-state index contributed by atoms with van der Waals surface area (Å²) in [5, 5.41) is 10.6. The van der Waals surface area contributed by atoms with Crippen LogP contribution in [0, 0.1) is 0 Å². The first-order chi connectivity index (χ1) is 7.58. The molecule has 1 aliphatic carbocycles. The third-order valence-corrected chi connectivity index (χ3v) is 2.98. The summed E-state index contributed by atoms with van der Waals surface area (Å²) in [7, 11) is 0. The number of rotatable bonds is 1. The molecule has 0 saturated heterocycles. The molecule has 86 valence electrons. The van der Waals surface area contributed by atoms with Gasteiger partial charge < -0.3 is 15.6 Å². The average Bonchev–Trinajstić information content (AvgIpc) is 2.22. The lowest BCUT2D eigenvalue weighted by atomic mass is 9.87. The van der Waals surface area contributed by atoms with E-state index in [-0.39, 0.29) is 0 Å². The highest BCUT2D eigenvalue weighted by molar-refractivity contribution is 6.30. The van der Waals surface area contributed by atoms with Gasteiger partial charge in [0.05, 0.1) is 0 Å². The highest BCUT2D eigenvalue weighted by Gasteiger charge is 2.30. The smallest absolute Gasteiger partial charge is 0.404 e. The Morgan fingerprint density at radius 1 is 1.56 bits per heavy atom. The topological polar surface area (TPSA) is 72.6 Å². The van der Waals surface area contributed by atoms with Crippen molar-refractivity contribution in [2.75, 3.05) is 0 Å². The largest absolute Gasteiger partial charge is 0.443 e. The third-order valence-electron chi connectivity index (χ3n) is 2.74. The Balaban J connectivity index is 2.26. The van der Waals surface area contributed by atoms with Crippen LogP contribution in [0.1, 0.15) is 23.7 Å². The van der Waals surface area contributed by atoms with Crippen molar-refractivity contribution >= 4 is 17.7 Å². The fourth-order valence-corrected chi connectivity index (χ4v) is 2.18. The fourth-order valence-electron chi connectivity index (χ4n) is 2.00. The molecule has 0 aromatic heterocycles. The van der Waals surface area contributed by atoms with Crippen LogP contribution in [-0.2, 0) is 11.2 Å². The van der Waals surface area contributed by atoms with Crippen LogP contribution in [-0.4, -0.2) is 17.3 Å². The zero-order valence-electron chi connectivity index (χ0n) is 8.52. The average molecular weight is 242 g/mol. The molecule has 0 aliphatic heterocycles. The first-order valence-corrected chi connectivity index (χ1v) is 5.38. The fraction of sp³-hybridized carbons (Fsp3) is 0.364. The molecule has 0 heterocycles. The summed E-state index contributed by atoms with van der Waals surface area (Å²) in [5.41, 5.74) is 6.68. The molecule has 1 aliphatic rings. The first-order valence-electron chi connectivity index (χ1n) is 5.00. The maximum atomic E-state index is 10.7. The van der Waals surface area contributed by atoms with Crippen LogP contribution in [0.2, 0.25) is 5.02 Å². The highest BCUT2D eigenvalue weighted by atomic mass is 35.5. The summed E-state index contributed by atoms with van der Waals surface area (Å²) in [6.07, 6.45) is -0.992. The van der Waals surface area contributed by atoms with Crippen LogP contribution in [0.25, 0.3) is 0 Å². The van der Waals surface area contributed by atoms with Crippen molar-refractivity contribution in [2.45, 2.75) is 25.0 Å². The number of aryl methyl sites for hydroxylation is 1. The van der Waals surface area contributed by atoms with E-state index in [0.717, 1.165) is 12.0 Å². The van der Waals surface area contributed by atoms with Gasteiger partial charge in [0.25, 0.3) is 0 Å². The molecule has 5 heteroatoms. The number of primary amides is 1. The molecule has 1 aromatic carbocycles. The van der Waals surface area contributed by atoms with Crippen molar-refractivity contribution in [3.63, 3.8) is 0 Å². The molecule has 3 N–H and O–H groups in total. The molecular weight excluding hydrogens is 230 g/mol. The number of aliphatic hydroxyl groups is 1. The highest BCUT2D eigenvalue weighted by Crippen LogP contribution is 2.33. The molecule has 2 atom stereocenters.